The van der Waals surface area contributed by atoms with Crippen LogP contribution >= 0.6 is 0 Å². The Balaban J connectivity index is 1.49. The first-order chi connectivity index (χ1) is 13.4. The van der Waals surface area contributed by atoms with Gasteiger partial charge in [0.25, 0.3) is 5.91 Å². The van der Waals surface area contributed by atoms with Crippen molar-refractivity contribution < 1.29 is 9.53 Å². The van der Waals surface area contributed by atoms with Gasteiger partial charge in [-0.3, -0.25) is 14.8 Å². The van der Waals surface area contributed by atoms with Crippen molar-refractivity contribution in [2.45, 2.75) is 59.4 Å². The molecule has 152 valence electrons. The third kappa shape index (κ3) is 5.91. The van der Waals surface area contributed by atoms with Crippen molar-refractivity contribution >= 4 is 5.91 Å². The van der Waals surface area contributed by atoms with Crippen molar-refractivity contribution in [3.8, 4) is 0 Å². The van der Waals surface area contributed by atoms with Crippen LogP contribution in [0, 0.1) is 5.92 Å². The van der Waals surface area contributed by atoms with Gasteiger partial charge in [0.2, 0.25) is 0 Å². The maximum atomic E-state index is 12.3. The van der Waals surface area contributed by atoms with Gasteiger partial charge in [-0.1, -0.05) is 38.1 Å². The van der Waals surface area contributed by atoms with E-state index >= 15 is 0 Å². The zero-order chi connectivity index (χ0) is 20.1. The van der Waals surface area contributed by atoms with Gasteiger partial charge < -0.3 is 10.1 Å². The quantitative estimate of drug-likeness (QED) is 0.769. The summed E-state index contributed by atoms with van der Waals surface area (Å²) in [5.41, 5.74) is 3.81. The standard InChI is InChI=1S/C22H32N4O2/c1-15(2)9-20-10-21(25-24-20)22(27)23-11-18-5-7-19(8-6-18)14-26-12-16(3)28-17(4)13-26/h5-8,10,15-17H,9,11-14H2,1-4H3,(H,23,27)(H,24,25). The summed E-state index contributed by atoms with van der Waals surface area (Å²) in [5, 5.41) is 10.0. The monoisotopic (exact) mass is 384 g/mol. The largest absolute Gasteiger partial charge is 0.373 e. The van der Waals surface area contributed by atoms with Crippen molar-refractivity contribution in [3.63, 3.8) is 0 Å². The highest BCUT2D eigenvalue weighted by atomic mass is 16.5. The minimum Gasteiger partial charge on any atom is -0.373 e. The molecule has 1 aliphatic rings. The predicted octanol–water partition coefficient (Wildman–Crippen LogP) is 3.15. The summed E-state index contributed by atoms with van der Waals surface area (Å²) in [7, 11) is 0. The first-order valence-electron chi connectivity index (χ1n) is 10.2. The summed E-state index contributed by atoms with van der Waals surface area (Å²) in [6, 6.07) is 10.3. The fourth-order valence-corrected chi connectivity index (χ4v) is 3.73. The van der Waals surface area contributed by atoms with Gasteiger partial charge >= 0.3 is 0 Å². The molecule has 3 rings (SSSR count). The molecule has 2 unspecified atom stereocenters. The number of carbonyl (C=O) groups is 1. The average Bonchev–Trinajstić information content (AvgIpc) is 3.08. The molecule has 6 heteroatoms. The summed E-state index contributed by atoms with van der Waals surface area (Å²) in [6.45, 7) is 11.9. The fourth-order valence-electron chi connectivity index (χ4n) is 3.73. The Labute approximate surface area is 167 Å². The molecule has 2 heterocycles. The van der Waals surface area contributed by atoms with Gasteiger partial charge in [0, 0.05) is 31.9 Å². The molecule has 1 amide bonds. The number of amides is 1. The second kappa shape index (κ2) is 9.34. The highest BCUT2D eigenvalue weighted by Gasteiger charge is 2.21. The second-order valence-electron chi connectivity index (χ2n) is 8.33. The van der Waals surface area contributed by atoms with Crippen molar-refractivity contribution in [1.29, 1.82) is 0 Å². The van der Waals surface area contributed by atoms with Gasteiger partial charge in [-0.25, -0.2) is 0 Å². The lowest BCUT2D eigenvalue weighted by molar-refractivity contribution is -0.0704. The highest BCUT2D eigenvalue weighted by Crippen LogP contribution is 2.15. The number of carbonyl (C=O) groups excluding carboxylic acids is 1. The molecule has 1 aromatic carbocycles. The van der Waals surface area contributed by atoms with Crippen LogP contribution in [0.2, 0.25) is 0 Å². The summed E-state index contributed by atoms with van der Waals surface area (Å²) in [6.07, 6.45) is 1.45. The molecule has 2 atom stereocenters. The minimum atomic E-state index is -0.147. The number of nitrogens with zero attached hydrogens (tertiary/aromatic N) is 2. The number of H-pyrrole nitrogens is 1. The van der Waals surface area contributed by atoms with Crippen LogP contribution in [-0.2, 0) is 24.2 Å². The summed E-state index contributed by atoms with van der Waals surface area (Å²) < 4.78 is 5.80. The molecule has 1 aliphatic heterocycles. The van der Waals surface area contributed by atoms with Crippen molar-refractivity contribution in [2.24, 2.45) is 5.92 Å². The maximum absolute atomic E-state index is 12.3. The number of morpholine rings is 1. The van der Waals surface area contributed by atoms with E-state index in [2.05, 4.69) is 72.4 Å². The van der Waals surface area contributed by atoms with E-state index < -0.39 is 0 Å². The molecule has 1 fully saturated rings. The van der Waals surface area contributed by atoms with Gasteiger partial charge in [0.1, 0.15) is 5.69 Å². The van der Waals surface area contributed by atoms with E-state index in [-0.39, 0.29) is 18.1 Å². The smallest absolute Gasteiger partial charge is 0.272 e. The number of hydrogen-bond acceptors (Lipinski definition) is 4. The Morgan fingerprint density at radius 2 is 1.86 bits per heavy atom. The van der Waals surface area contributed by atoms with Crippen molar-refractivity contribution in [3.05, 3.63) is 52.8 Å². The lowest BCUT2D eigenvalue weighted by Crippen LogP contribution is -2.44. The number of ether oxygens (including phenoxy) is 1. The van der Waals surface area contributed by atoms with Crippen LogP contribution in [-0.4, -0.2) is 46.3 Å². The van der Waals surface area contributed by atoms with Crippen LogP contribution in [0.15, 0.2) is 30.3 Å². The molecule has 2 aromatic rings. The maximum Gasteiger partial charge on any atom is 0.272 e. The number of nitrogens with one attached hydrogen (secondary N) is 2. The minimum absolute atomic E-state index is 0.147. The lowest BCUT2D eigenvalue weighted by Gasteiger charge is -2.35. The van der Waals surface area contributed by atoms with E-state index in [0.29, 0.717) is 18.2 Å². The van der Waals surface area contributed by atoms with Crippen LogP contribution in [0.4, 0.5) is 0 Å². The molecule has 1 saturated heterocycles. The van der Waals surface area contributed by atoms with Crippen molar-refractivity contribution in [2.75, 3.05) is 13.1 Å². The van der Waals surface area contributed by atoms with Crippen LogP contribution < -0.4 is 5.32 Å². The molecule has 0 radical (unpaired) electrons. The highest BCUT2D eigenvalue weighted by molar-refractivity contribution is 5.92. The molecule has 2 N–H and O–H groups in total. The van der Waals surface area contributed by atoms with Crippen LogP contribution in [0.1, 0.15) is 55.0 Å². The number of benzene rings is 1. The zero-order valence-electron chi connectivity index (χ0n) is 17.4. The molecule has 6 nitrogen and oxygen atoms in total. The average molecular weight is 385 g/mol. The third-order valence-corrected chi connectivity index (χ3v) is 4.87. The van der Waals surface area contributed by atoms with E-state index in [1.54, 1.807) is 0 Å². The van der Waals surface area contributed by atoms with E-state index in [1.165, 1.54) is 5.56 Å². The van der Waals surface area contributed by atoms with Gasteiger partial charge in [-0.05, 0) is 43.4 Å². The predicted molar refractivity (Wildman–Crippen MR) is 110 cm³/mol. The Morgan fingerprint density at radius 3 is 2.50 bits per heavy atom. The summed E-state index contributed by atoms with van der Waals surface area (Å²) in [5.74, 6) is 0.380. The Hall–Kier alpha value is -2.18. The Kier molecular flexibility index (Phi) is 6.86. The normalized spacial score (nSPS) is 20.5. The number of aromatic amines is 1. The topological polar surface area (TPSA) is 70.2 Å². The fraction of sp³-hybridized carbons (Fsp3) is 0.545. The van der Waals surface area contributed by atoms with E-state index in [0.717, 1.165) is 37.3 Å². The van der Waals surface area contributed by atoms with E-state index in [4.69, 9.17) is 4.74 Å². The van der Waals surface area contributed by atoms with Gasteiger partial charge in [-0.15, -0.1) is 0 Å². The van der Waals surface area contributed by atoms with E-state index in [1.807, 2.05) is 6.07 Å². The van der Waals surface area contributed by atoms with Crippen LogP contribution in [0.5, 0.6) is 0 Å². The number of rotatable bonds is 7. The van der Waals surface area contributed by atoms with Gasteiger partial charge in [0.15, 0.2) is 0 Å². The van der Waals surface area contributed by atoms with Gasteiger partial charge in [-0.2, -0.15) is 5.10 Å². The van der Waals surface area contributed by atoms with E-state index in [9.17, 15) is 4.79 Å². The molecule has 0 spiro atoms. The Morgan fingerprint density at radius 1 is 1.21 bits per heavy atom. The molecule has 1 aromatic heterocycles. The third-order valence-electron chi connectivity index (χ3n) is 4.87. The summed E-state index contributed by atoms with van der Waals surface area (Å²) >= 11 is 0. The molecular formula is C22H32N4O2. The lowest BCUT2D eigenvalue weighted by atomic mass is 10.1. The van der Waals surface area contributed by atoms with Gasteiger partial charge in [0.05, 0.1) is 12.2 Å². The Bertz CT molecular complexity index is 759. The molecule has 28 heavy (non-hydrogen) atoms. The molecular weight excluding hydrogens is 352 g/mol. The molecule has 0 bridgehead atoms. The van der Waals surface area contributed by atoms with Crippen molar-refractivity contribution in [1.82, 2.24) is 20.4 Å². The number of hydrogen-bond donors (Lipinski definition) is 2. The van der Waals surface area contributed by atoms with Crippen LogP contribution in [0.25, 0.3) is 0 Å². The molecule has 0 saturated carbocycles. The first-order valence-corrected chi connectivity index (χ1v) is 10.2. The second-order valence-corrected chi connectivity index (χ2v) is 8.33. The zero-order valence-corrected chi connectivity index (χ0v) is 17.4. The number of aromatic nitrogens is 2. The summed E-state index contributed by atoms with van der Waals surface area (Å²) in [4.78, 5) is 14.7. The molecule has 0 aliphatic carbocycles. The SMILES string of the molecule is CC(C)Cc1cc(C(=O)NCc2ccc(CN3CC(C)OC(C)C3)cc2)n[nH]1. The first kappa shape index (κ1) is 20.6. The van der Waals surface area contributed by atoms with Crippen LogP contribution in [0.3, 0.4) is 0 Å².